The first kappa shape index (κ1) is 46.5. The maximum atomic E-state index is 13.8. The average molecular weight is 871 g/mol. The van der Waals surface area contributed by atoms with Gasteiger partial charge in [0.2, 0.25) is 0 Å². The molecule has 4 fully saturated rings. The fourth-order valence-corrected chi connectivity index (χ4v) is 8.80. The van der Waals surface area contributed by atoms with Crippen molar-refractivity contribution in [1.82, 2.24) is 0 Å². The second kappa shape index (κ2) is 13.8. The van der Waals surface area contributed by atoms with Crippen molar-refractivity contribution in [2.45, 2.75) is 145 Å². The van der Waals surface area contributed by atoms with E-state index in [-0.39, 0.29) is 58.0 Å². The minimum atomic E-state index is -6.29. The van der Waals surface area contributed by atoms with Crippen LogP contribution in [0.25, 0.3) is 0 Å². The van der Waals surface area contributed by atoms with Gasteiger partial charge in [-0.25, -0.2) is 4.79 Å². The molecule has 4 atom stereocenters. The molecule has 4 rings (SSSR count). The van der Waals surface area contributed by atoms with E-state index in [1.807, 2.05) is 6.08 Å². The minimum absolute atomic E-state index is 0. The fourth-order valence-electron chi connectivity index (χ4n) is 8.80. The van der Waals surface area contributed by atoms with Crippen LogP contribution in [0.1, 0.15) is 80.1 Å². The second-order valence-electron chi connectivity index (χ2n) is 15.0. The smallest absolute Gasteiger partial charge is 0.428 e. The van der Waals surface area contributed by atoms with Crippen LogP contribution in [0.15, 0.2) is 6.58 Å². The molecular formula is C31H39F12O8Rh-. The largest absolute Gasteiger partial charge is 0.478 e. The number of carbonyl (C=O) groups excluding carboxylic acids is 2. The zero-order valence-corrected chi connectivity index (χ0v) is 30.2. The maximum Gasteiger partial charge on any atom is 0.428 e. The van der Waals surface area contributed by atoms with E-state index >= 15 is 0 Å². The summed E-state index contributed by atoms with van der Waals surface area (Å²) in [5, 5.41) is 20.1. The van der Waals surface area contributed by atoms with Gasteiger partial charge in [-0.1, -0.05) is 0 Å². The third-order valence-corrected chi connectivity index (χ3v) is 11.2. The van der Waals surface area contributed by atoms with E-state index in [9.17, 15) is 72.5 Å². The summed E-state index contributed by atoms with van der Waals surface area (Å²) in [7, 11) is 0. The van der Waals surface area contributed by atoms with Gasteiger partial charge in [0.25, 0.3) is 11.2 Å². The normalized spacial score (nSPS) is 28.5. The van der Waals surface area contributed by atoms with E-state index in [0.29, 0.717) is 13.8 Å². The van der Waals surface area contributed by atoms with Crippen LogP contribution in [0.3, 0.4) is 0 Å². The van der Waals surface area contributed by atoms with Crippen molar-refractivity contribution in [3.8, 4) is 0 Å². The molecule has 4 unspecified atom stereocenters. The molecule has 0 amide bonds. The van der Waals surface area contributed by atoms with Crippen LogP contribution >= 0.6 is 0 Å². The first-order chi connectivity index (χ1) is 22.5. The van der Waals surface area contributed by atoms with Gasteiger partial charge in [0.15, 0.2) is 6.61 Å². The zero-order valence-electron chi connectivity index (χ0n) is 28.6. The Morgan fingerprint density at radius 2 is 1.06 bits per heavy atom. The number of rotatable bonds is 12. The third-order valence-electron chi connectivity index (χ3n) is 11.2. The van der Waals surface area contributed by atoms with Crippen molar-refractivity contribution in [3.63, 3.8) is 0 Å². The standard InChI is InChI=1S/C31H39F12O8.Rh/c1-8-19(44)48-12-20(45)51-25-11-18-9-23(14-25,21(4,5)49-16(2)26(46,28(32,33)34)29(35,36)37)13-24(10-18,15-25)22(6,7)50-17(3)27(47,30(38,39)40)31(41,42)43;/h16-18,46-47H,1,9-15H2,2-7H3;/q-1;. The summed E-state index contributed by atoms with van der Waals surface area (Å²) in [4.78, 5) is 24.4. The molecule has 4 bridgehead atoms. The summed E-state index contributed by atoms with van der Waals surface area (Å²) in [5.74, 6) is -3.04. The fraction of sp³-hybridized carbons (Fsp3) is 0.871. The summed E-state index contributed by atoms with van der Waals surface area (Å²) in [5.41, 5.74) is -20.0. The van der Waals surface area contributed by atoms with Gasteiger partial charge in [-0.15, -0.1) is 0 Å². The van der Waals surface area contributed by atoms with Crippen molar-refractivity contribution in [1.29, 1.82) is 0 Å². The second-order valence-corrected chi connectivity index (χ2v) is 15.0. The molecule has 8 nitrogen and oxygen atoms in total. The summed E-state index contributed by atoms with van der Waals surface area (Å²) < 4.78 is 187. The van der Waals surface area contributed by atoms with Gasteiger partial charge in [-0.05, 0) is 86.0 Å². The molecular weight excluding hydrogens is 831 g/mol. The number of aliphatic hydroxyl groups is 2. The van der Waals surface area contributed by atoms with Gasteiger partial charge in [0, 0.05) is 30.3 Å². The van der Waals surface area contributed by atoms with E-state index in [1.54, 1.807) is 0 Å². The minimum Gasteiger partial charge on any atom is -0.478 e. The van der Waals surface area contributed by atoms with E-state index in [0.717, 1.165) is 27.7 Å². The van der Waals surface area contributed by atoms with Gasteiger partial charge >= 0.3 is 30.7 Å². The van der Waals surface area contributed by atoms with Crippen LogP contribution in [0, 0.1) is 22.8 Å². The Morgan fingerprint density at radius 1 is 0.712 bits per heavy atom. The molecule has 4 aliphatic rings. The van der Waals surface area contributed by atoms with E-state index < -0.39 is 100 Å². The molecule has 4 aliphatic carbocycles. The molecule has 0 saturated heterocycles. The van der Waals surface area contributed by atoms with Crippen LogP contribution in [-0.4, -0.2) is 93.7 Å². The van der Waals surface area contributed by atoms with Gasteiger partial charge in [-0.2, -0.15) is 52.7 Å². The molecule has 0 heterocycles. The Kier molecular flexibility index (Phi) is 12.3. The van der Waals surface area contributed by atoms with Crippen LogP contribution < -0.4 is 0 Å². The topological polar surface area (TPSA) is 112 Å². The summed E-state index contributed by atoms with van der Waals surface area (Å²) >= 11 is 0. The first-order valence-electron chi connectivity index (χ1n) is 15.5. The molecule has 2 N–H and O–H groups in total. The number of ether oxygens (including phenoxy) is 4. The Morgan fingerprint density at radius 3 is 1.37 bits per heavy atom. The van der Waals surface area contributed by atoms with Crippen molar-refractivity contribution in [2.24, 2.45) is 16.7 Å². The molecule has 305 valence electrons. The zero-order chi connectivity index (χ0) is 39.9. The number of halogens is 12. The Balaban J connectivity index is 0.00000936. The number of hydrogen-bond donors (Lipinski definition) is 2. The SMILES string of the molecule is C=[C-]C(=O)OCC(=O)OC12CC3CC(C(C)(C)OC(C)C(O)(C(F)(F)F)C(F)(F)F)(C1)CC(C(C)(C)OC(C)C(O)(C(F)(F)F)C(F)(F)F)(C3)C2.[Rh]. The number of carbonyl (C=O) groups is 2. The monoisotopic (exact) mass is 870 g/mol. The molecule has 0 aliphatic heterocycles. The number of esters is 2. The van der Waals surface area contributed by atoms with Gasteiger partial charge in [-0.3, -0.25) is 11.4 Å². The quantitative estimate of drug-likeness (QED) is 0.0722. The van der Waals surface area contributed by atoms with Crippen molar-refractivity contribution >= 4 is 11.9 Å². The average Bonchev–Trinajstić information content (AvgIpc) is 2.90. The summed E-state index contributed by atoms with van der Waals surface area (Å²) in [6, 6.07) is 0. The molecule has 4 saturated carbocycles. The van der Waals surface area contributed by atoms with Gasteiger partial charge < -0.3 is 35.2 Å². The summed E-state index contributed by atoms with van der Waals surface area (Å²) in [6.07, 6.45) is -30.5. The molecule has 1 radical (unpaired) electrons. The van der Waals surface area contributed by atoms with Crippen molar-refractivity contribution < 1.29 is 111 Å². The Bertz CT molecular complexity index is 1250. The van der Waals surface area contributed by atoms with Crippen LogP contribution in [-0.2, 0) is 48.0 Å². The van der Waals surface area contributed by atoms with Gasteiger partial charge in [0.05, 0.1) is 11.2 Å². The first-order valence-corrected chi connectivity index (χ1v) is 15.5. The van der Waals surface area contributed by atoms with Gasteiger partial charge in [0.1, 0.15) is 23.8 Å². The van der Waals surface area contributed by atoms with Crippen molar-refractivity contribution in [2.75, 3.05) is 6.61 Å². The Hall–Kier alpha value is -1.70. The van der Waals surface area contributed by atoms with E-state index in [4.69, 9.17) is 14.2 Å². The molecule has 0 aromatic heterocycles. The van der Waals surface area contributed by atoms with E-state index in [1.165, 1.54) is 0 Å². The maximum absolute atomic E-state index is 13.8. The van der Waals surface area contributed by atoms with Crippen LogP contribution in [0.2, 0.25) is 0 Å². The van der Waals surface area contributed by atoms with Crippen LogP contribution in [0.5, 0.6) is 0 Å². The molecule has 0 aromatic carbocycles. The van der Waals surface area contributed by atoms with Crippen molar-refractivity contribution in [3.05, 3.63) is 12.7 Å². The van der Waals surface area contributed by atoms with E-state index in [2.05, 4.69) is 11.3 Å². The third kappa shape index (κ3) is 7.59. The predicted molar refractivity (Wildman–Crippen MR) is 148 cm³/mol. The molecule has 21 heteroatoms. The molecule has 0 aromatic rings. The van der Waals surface area contributed by atoms with Crippen LogP contribution in [0.4, 0.5) is 52.7 Å². The number of alkyl halides is 12. The predicted octanol–water partition coefficient (Wildman–Crippen LogP) is 6.85. The summed E-state index contributed by atoms with van der Waals surface area (Å²) in [6.45, 7) is 7.13. The molecule has 0 spiro atoms. The number of hydrogen-bond acceptors (Lipinski definition) is 8. The Labute approximate surface area is 303 Å². The molecule has 52 heavy (non-hydrogen) atoms.